The van der Waals surface area contributed by atoms with E-state index in [1.165, 1.54) is 30.3 Å². The second-order valence-electron chi connectivity index (χ2n) is 7.01. The number of benzene rings is 3. The molecule has 0 aliphatic heterocycles. The average molecular weight is 496 g/mol. The normalized spacial score (nSPS) is 12.1. The molecule has 0 spiro atoms. The van der Waals surface area contributed by atoms with Crippen molar-refractivity contribution in [2.75, 3.05) is 13.1 Å². The molecule has 0 radical (unpaired) electrons. The summed E-state index contributed by atoms with van der Waals surface area (Å²) in [6.07, 6.45) is -0.0235. The van der Waals surface area contributed by atoms with Crippen LogP contribution in [0.3, 0.4) is 0 Å². The van der Waals surface area contributed by atoms with Crippen molar-refractivity contribution in [1.82, 2.24) is 5.32 Å². The van der Waals surface area contributed by atoms with Gasteiger partial charge in [0, 0.05) is 11.6 Å². The predicted molar refractivity (Wildman–Crippen MR) is 126 cm³/mol. The molecule has 3 rings (SSSR count). The topological polar surface area (TPSA) is 104 Å². The molecule has 170 valence electrons. The molecule has 6 nitrogen and oxygen atoms in total. The number of carbonyl (C=O) groups is 1. The van der Waals surface area contributed by atoms with Gasteiger partial charge in [0.1, 0.15) is 0 Å². The third-order valence-electron chi connectivity index (χ3n) is 4.79. The fourth-order valence-corrected chi connectivity index (χ4v) is 4.58. The number of rotatable bonds is 9. The van der Waals surface area contributed by atoms with E-state index in [1.54, 1.807) is 30.3 Å². The molecule has 32 heavy (non-hydrogen) atoms. The summed E-state index contributed by atoms with van der Waals surface area (Å²) in [6, 6.07) is 18.8. The number of aliphatic hydroxyl groups excluding tert-OH is 1. The van der Waals surface area contributed by atoms with Crippen LogP contribution in [-0.2, 0) is 16.3 Å². The SMILES string of the molecule is Cl.O=C(O)c1cccc(S(=O)(=O)c2ccc(CCNC[C@H](O)c3cccc(Cl)c3)cc2)c1. The molecule has 0 saturated heterocycles. The Morgan fingerprint density at radius 2 is 1.66 bits per heavy atom. The molecule has 3 aromatic carbocycles. The number of hydrogen-bond donors (Lipinski definition) is 3. The second kappa shape index (κ2) is 11.4. The van der Waals surface area contributed by atoms with Crippen LogP contribution in [0.15, 0.2) is 82.6 Å². The quantitative estimate of drug-likeness (QED) is 0.385. The summed E-state index contributed by atoms with van der Waals surface area (Å²) in [5, 5.41) is 23.0. The van der Waals surface area contributed by atoms with Crippen molar-refractivity contribution in [3.63, 3.8) is 0 Å². The van der Waals surface area contributed by atoms with Crippen molar-refractivity contribution < 1.29 is 23.4 Å². The van der Waals surface area contributed by atoms with Gasteiger partial charge in [0.15, 0.2) is 0 Å². The highest BCUT2D eigenvalue weighted by Gasteiger charge is 2.19. The van der Waals surface area contributed by atoms with Crippen molar-refractivity contribution in [3.8, 4) is 0 Å². The summed E-state index contributed by atoms with van der Waals surface area (Å²) in [4.78, 5) is 11.1. The van der Waals surface area contributed by atoms with Gasteiger partial charge in [0.25, 0.3) is 0 Å². The first-order valence-corrected chi connectivity index (χ1v) is 11.4. The zero-order valence-corrected chi connectivity index (χ0v) is 19.3. The van der Waals surface area contributed by atoms with E-state index < -0.39 is 21.9 Å². The smallest absolute Gasteiger partial charge is 0.335 e. The molecule has 3 aromatic rings. The van der Waals surface area contributed by atoms with Gasteiger partial charge in [-0.3, -0.25) is 0 Å². The average Bonchev–Trinajstić information content (AvgIpc) is 2.77. The number of halogens is 2. The first-order chi connectivity index (χ1) is 14.8. The van der Waals surface area contributed by atoms with E-state index in [9.17, 15) is 18.3 Å². The van der Waals surface area contributed by atoms with Crippen LogP contribution in [0, 0.1) is 0 Å². The molecule has 0 bridgehead atoms. The molecule has 0 fully saturated rings. The molecule has 0 aliphatic rings. The Morgan fingerprint density at radius 1 is 0.969 bits per heavy atom. The maximum atomic E-state index is 12.8. The Hall–Kier alpha value is -2.42. The number of carboxylic acids is 1. The van der Waals surface area contributed by atoms with Gasteiger partial charge >= 0.3 is 5.97 Å². The van der Waals surface area contributed by atoms with Gasteiger partial charge in [-0.2, -0.15) is 0 Å². The molecular weight excluding hydrogens is 473 g/mol. The third-order valence-corrected chi connectivity index (χ3v) is 6.79. The molecule has 0 unspecified atom stereocenters. The van der Waals surface area contributed by atoms with Crippen molar-refractivity contribution >= 4 is 39.8 Å². The summed E-state index contributed by atoms with van der Waals surface area (Å²) in [7, 11) is -3.81. The van der Waals surface area contributed by atoms with Crippen LogP contribution in [0.1, 0.15) is 27.6 Å². The van der Waals surface area contributed by atoms with Gasteiger partial charge in [-0.1, -0.05) is 41.9 Å². The van der Waals surface area contributed by atoms with E-state index in [0.29, 0.717) is 24.5 Å². The minimum absolute atomic E-state index is 0. The lowest BCUT2D eigenvalue weighted by Crippen LogP contribution is -2.23. The molecule has 9 heteroatoms. The summed E-state index contributed by atoms with van der Waals surface area (Å²) in [5.74, 6) is -1.18. The number of sulfone groups is 1. The van der Waals surface area contributed by atoms with Crippen LogP contribution in [0.25, 0.3) is 0 Å². The van der Waals surface area contributed by atoms with E-state index in [4.69, 9.17) is 16.7 Å². The van der Waals surface area contributed by atoms with Gasteiger partial charge < -0.3 is 15.5 Å². The third kappa shape index (κ3) is 6.54. The Morgan fingerprint density at radius 3 is 2.31 bits per heavy atom. The highest BCUT2D eigenvalue weighted by atomic mass is 35.5. The molecule has 0 heterocycles. The van der Waals surface area contributed by atoms with Crippen LogP contribution >= 0.6 is 24.0 Å². The Kier molecular flexibility index (Phi) is 9.24. The standard InChI is InChI=1S/C23H22ClNO5S.ClH/c24-19-5-1-3-17(13-19)22(26)15-25-12-11-16-7-9-20(10-8-16)31(29,30)21-6-2-4-18(14-21)23(27)28;/h1-10,13-14,22,25-26H,11-12,15H2,(H,27,28);1H/t22-;/m0./s1. The summed E-state index contributed by atoms with van der Waals surface area (Å²) < 4.78 is 25.5. The van der Waals surface area contributed by atoms with Gasteiger partial charge in [0.05, 0.1) is 21.5 Å². The van der Waals surface area contributed by atoms with Crippen LogP contribution in [-0.4, -0.2) is 37.7 Å². The number of carboxylic acid groups (broad SMARTS) is 1. The summed E-state index contributed by atoms with van der Waals surface area (Å²) in [5.41, 5.74) is 1.59. The highest BCUT2D eigenvalue weighted by molar-refractivity contribution is 7.91. The fraction of sp³-hybridized carbons (Fsp3) is 0.174. The van der Waals surface area contributed by atoms with Crippen LogP contribution in [0.4, 0.5) is 0 Å². The minimum Gasteiger partial charge on any atom is -0.478 e. The van der Waals surface area contributed by atoms with Crippen molar-refractivity contribution in [3.05, 3.63) is 94.5 Å². The van der Waals surface area contributed by atoms with Gasteiger partial charge in [0.2, 0.25) is 9.84 Å². The molecule has 3 N–H and O–H groups in total. The highest BCUT2D eigenvalue weighted by Crippen LogP contribution is 2.22. The van der Waals surface area contributed by atoms with E-state index in [1.807, 2.05) is 6.07 Å². The number of nitrogens with one attached hydrogen (secondary N) is 1. The maximum absolute atomic E-state index is 12.8. The van der Waals surface area contributed by atoms with E-state index in [-0.39, 0.29) is 27.8 Å². The van der Waals surface area contributed by atoms with Crippen molar-refractivity contribution in [1.29, 1.82) is 0 Å². The Balaban J connectivity index is 0.00000363. The molecule has 0 saturated carbocycles. The maximum Gasteiger partial charge on any atom is 0.335 e. The first-order valence-electron chi connectivity index (χ1n) is 9.59. The molecular formula is C23H23Cl2NO5S. The summed E-state index contributed by atoms with van der Waals surface area (Å²) >= 11 is 5.94. The Labute approximate surface area is 198 Å². The lowest BCUT2D eigenvalue weighted by atomic mass is 10.1. The van der Waals surface area contributed by atoms with E-state index >= 15 is 0 Å². The minimum atomic E-state index is -3.81. The van der Waals surface area contributed by atoms with Crippen LogP contribution in [0.5, 0.6) is 0 Å². The second-order valence-corrected chi connectivity index (χ2v) is 9.39. The van der Waals surface area contributed by atoms with Gasteiger partial charge in [-0.05, 0) is 66.6 Å². The van der Waals surface area contributed by atoms with E-state index in [0.717, 1.165) is 17.2 Å². The molecule has 0 amide bonds. The molecule has 0 aromatic heterocycles. The molecule has 1 atom stereocenters. The van der Waals surface area contributed by atoms with E-state index in [2.05, 4.69) is 5.32 Å². The zero-order valence-electron chi connectivity index (χ0n) is 16.9. The number of aliphatic hydroxyl groups is 1. The van der Waals surface area contributed by atoms with Crippen LogP contribution < -0.4 is 5.32 Å². The van der Waals surface area contributed by atoms with Gasteiger partial charge in [-0.15, -0.1) is 12.4 Å². The molecule has 0 aliphatic carbocycles. The fourth-order valence-electron chi connectivity index (χ4n) is 3.07. The predicted octanol–water partition coefficient (Wildman–Crippen LogP) is 4.16. The summed E-state index contributed by atoms with van der Waals surface area (Å²) in [6.45, 7) is 0.969. The van der Waals surface area contributed by atoms with Gasteiger partial charge in [-0.25, -0.2) is 13.2 Å². The first kappa shape index (κ1) is 25.8. The largest absolute Gasteiger partial charge is 0.478 e. The van der Waals surface area contributed by atoms with Crippen molar-refractivity contribution in [2.45, 2.75) is 22.3 Å². The lowest BCUT2D eigenvalue weighted by molar-refractivity contribution is 0.0696. The Bertz CT molecular complexity index is 1170. The van der Waals surface area contributed by atoms with Crippen molar-refractivity contribution in [2.24, 2.45) is 0 Å². The number of aromatic carboxylic acids is 1. The zero-order chi connectivity index (χ0) is 22.4. The lowest BCUT2D eigenvalue weighted by Gasteiger charge is -2.13. The number of hydrogen-bond acceptors (Lipinski definition) is 5. The van der Waals surface area contributed by atoms with Crippen LogP contribution in [0.2, 0.25) is 5.02 Å². The monoisotopic (exact) mass is 495 g/mol.